The maximum absolute atomic E-state index is 13.6. The quantitative estimate of drug-likeness (QED) is 0.614. The molecule has 0 spiro atoms. The minimum absolute atomic E-state index is 0.0206. The SMILES string of the molecule is COc1ccc(NC(=O)N(c2ccccc2C(C)C)C2CCN(C(N)=O)CC2)c(OC(F)F)n1. The Morgan fingerprint density at radius 2 is 1.85 bits per heavy atom. The van der Waals surface area contributed by atoms with E-state index in [-0.39, 0.29) is 23.5 Å². The van der Waals surface area contributed by atoms with Crippen molar-refractivity contribution in [3.8, 4) is 11.8 Å². The van der Waals surface area contributed by atoms with E-state index < -0.39 is 24.6 Å². The Morgan fingerprint density at radius 1 is 1.18 bits per heavy atom. The number of anilines is 2. The Kier molecular flexibility index (Phi) is 8.08. The van der Waals surface area contributed by atoms with E-state index in [4.69, 9.17) is 10.5 Å². The molecule has 0 atom stereocenters. The summed E-state index contributed by atoms with van der Waals surface area (Å²) in [7, 11) is 1.34. The lowest BCUT2D eigenvalue weighted by atomic mass is 9.97. The van der Waals surface area contributed by atoms with E-state index in [9.17, 15) is 18.4 Å². The Morgan fingerprint density at radius 3 is 2.44 bits per heavy atom. The number of piperidine rings is 1. The summed E-state index contributed by atoms with van der Waals surface area (Å²) in [5.74, 6) is -0.268. The van der Waals surface area contributed by atoms with Crippen molar-refractivity contribution in [3.05, 3.63) is 42.0 Å². The number of hydrogen-bond acceptors (Lipinski definition) is 5. The van der Waals surface area contributed by atoms with Gasteiger partial charge in [-0.1, -0.05) is 32.0 Å². The summed E-state index contributed by atoms with van der Waals surface area (Å²) < 4.78 is 35.4. The molecule has 0 radical (unpaired) electrons. The maximum Gasteiger partial charge on any atom is 0.388 e. The normalized spacial score (nSPS) is 14.3. The van der Waals surface area contributed by atoms with Crippen molar-refractivity contribution in [2.24, 2.45) is 5.73 Å². The maximum atomic E-state index is 13.6. The summed E-state index contributed by atoms with van der Waals surface area (Å²) in [5, 5.41) is 2.67. The van der Waals surface area contributed by atoms with Crippen molar-refractivity contribution in [2.45, 2.75) is 45.3 Å². The molecule has 1 aromatic heterocycles. The van der Waals surface area contributed by atoms with Crippen LogP contribution in [0.15, 0.2) is 36.4 Å². The third-order valence-electron chi connectivity index (χ3n) is 5.66. The lowest BCUT2D eigenvalue weighted by molar-refractivity contribution is -0.0525. The molecule has 1 aliphatic heterocycles. The number of carbonyl (C=O) groups excluding carboxylic acids is 2. The lowest BCUT2D eigenvalue weighted by Gasteiger charge is -2.39. The largest absolute Gasteiger partial charge is 0.481 e. The number of halogens is 2. The molecular weight excluding hydrogens is 448 g/mol. The van der Waals surface area contributed by atoms with Gasteiger partial charge >= 0.3 is 18.7 Å². The average Bonchev–Trinajstić information content (AvgIpc) is 2.80. The Hall–Kier alpha value is -3.63. The molecule has 0 bridgehead atoms. The number of amides is 4. The molecular formula is C23H29F2N5O4. The summed E-state index contributed by atoms with van der Waals surface area (Å²) in [4.78, 5) is 32.2. The third kappa shape index (κ3) is 5.83. The van der Waals surface area contributed by atoms with Crippen molar-refractivity contribution >= 4 is 23.4 Å². The molecule has 0 aliphatic carbocycles. The van der Waals surface area contributed by atoms with Gasteiger partial charge in [0, 0.05) is 30.9 Å². The van der Waals surface area contributed by atoms with Gasteiger partial charge in [0.15, 0.2) is 0 Å². The highest BCUT2D eigenvalue weighted by atomic mass is 19.3. The number of primary amides is 1. The van der Waals surface area contributed by atoms with Gasteiger partial charge in [0.05, 0.1) is 7.11 Å². The molecule has 4 amide bonds. The van der Waals surface area contributed by atoms with Gasteiger partial charge in [-0.15, -0.1) is 0 Å². The van der Waals surface area contributed by atoms with Crippen LogP contribution in [0.2, 0.25) is 0 Å². The minimum Gasteiger partial charge on any atom is -0.481 e. The van der Waals surface area contributed by atoms with Gasteiger partial charge in [0.25, 0.3) is 0 Å². The number of ether oxygens (including phenoxy) is 2. The average molecular weight is 478 g/mol. The number of likely N-dealkylation sites (tertiary alicyclic amines) is 1. The van der Waals surface area contributed by atoms with E-state index in [2.05, 4.69) is 15.0 Å². The predicted octanol–water partition coefficient (Wildman–Crippen LogP) is 4.40. The number of nitrogens with one attached hydrogen (secondary N) is 1. The summed E-state index contributed by atoms with van der Waals surface area (Å²) >= 11 is 0. The number of pyridine rings is 1. The highest BCUT2D eigenvalue weighted by Crippen LogP contribution is 2.33. The number of alkyl halides is 2. The zero-order valence-electron chi connectivity index (χ0n) is 19.3. The monoisotopic (exact) mass is 477 g/mol. The van der Waals surface area contributed by atoms with Crippen LogP contribution in [0.4, 0.5) is 29.7 Å². The number of nitrogens with zero attached hydrogens (tertiary/aromatic N) is 3. The van der Waals surface area contributed by atoms with Gasteiger partial charge in [-0.2, -0.15) is 13.8 Å². The van der Waals surface area contributed by atoms with Crippen molar-refractivity contribution < 1.29 is 27.8 Å². The molecule has 2 heterocycles. The van der Waals surface area contributed by atoms with E-state index in [1.54, 1.807) is 4.90 Å². The number of carbonyl (C=O) groups is 2. The first-order chi connectivity index (χ1) is 16.2. The van der Waals surface area contributed by atoms with Crippen LogP contribution in [-0.4, -0.2) is 54.8 Å². The first-order valence-electron chi connectivity index (χ1n) is 10.9. The van der Waals surface area contributed by atoms with E-state index in [0.717, 1.165) is 5.56 Å². The highest BCUT2D eigenvalue weighted by Gasteiger charge is 2.32. The second kappa shape index (κ2) is 11.0. The second-order valence-corrected chi connectivity index (χ2v) is 8.15. The second-order valence-electron chi connectivity index (χ2n) is 8.15. The standard InChI is InChI=1S/C23H29F2N5O4/c1-14(2)16-6-4-5-7-18(16)30(15-10-12-29(13-11-15)22(26)31)23(32)27-17-8-9-19(33-3)28-20(17)34-21(24)25/h4-9,14-15,21H,10-13H2,1-3H3,(H2,26,31)(H,27,32). The van der Waals surface area contributed by atoms with Crippen LogP contribution in [0, 0.1) is 0 Å². The fraction of sp³-hybridized carbons (Fsp3) is 0.435. The van der Waals surface area contributed by atoms with Crippen molar-refractivity contribution in [1.82, 2.24) is 9.88 Å². The number of benzene rings is 1. The molecule has 184 valence electrons. The first-order valence-corrected chi connectivity index (χ1v) is 10.9. The molecule has 3 rings (SSSR count). The Bertz CT molecular complexity index is 1010. The van der Waals surface area contributed by atoms with Crippen LogP contribution in [0.1, 0.15) is 38.2 Å². The Labute approximate surface area is 196 Å². The topological polar surface area (TPSA) is 110 Å². The van der Waals surface area contributed by atoms with Crippen molar-refractivity contribution in [2.75, 3.05) is 30.4 Å². The van der Waals surface area contributed by atoms with Crippen LogP contribution < -0.4 is 25.4 Å². The summed E-state index contributed by atoms with van der Waals surface area (Å²) in [6.45, 7) is 1.71. The van der Waals surface area contributed by atoms with Crippen LogP contribution in [0.25, 0.3) is 0 Å². The Balaban J connectivity index is 1.96. The highest BCUT2D eigenvalue weighted by molar-refractivity contribution is 6.03. The minimum atomic E-state index is -3.13. The number of nitrogens with two attached hydrogens (primary N) is 1. The molecule has 1 aromatic carbocycles. The van der Waals surface area contributed by atoms with Crippen LogP contribution >= 0.6 is 0 Å². The number of hydrogen-bond donors (Lipinski definition) is 2. The lowest BCUT2D eigenvalue weighted by Crippen LogP contribution is -2.51. The van der Waals surface area contributed by atoms with Crippen LogP contribution in [0.5, 0.6) is 11.8 Å². The molecule has 9 nitrogen and oxygen atoms in total. The molecule has 1 aliphatic rings. The molecule has 34 heavy (non-hydrogen) atoms. The fourth-order valence-electron chi connectivity index (χ4n) is 3.99. The summed E-state index contributed by atoms with van der Waals surface area (Å²) in [5.41, 5.74) is 7.04. The number of rotatable bonds is 7. The number of urea groups is 2. The molecule has 1 fully saturated rings. The first kappa shape index (κ1) is 25.0. The van der Waals surface area contributed by atoms with E-state index in [1.165, 1.54) is 24.1 Å². The van der Waals surface area contributed by atoms with Crippen molar-refractivity contribution in [1.29, 1.82) is 0 Å². The molecule has 0 saturated carbocycles. The van der Waals surface area contributed by atoms with E-state index in [1.807, 2.05) is 38.1 Å². The van der Waals surface area contributed by atoms with E-state index in [0.29, 0.717) is 31.6 Å². The van der Waals surface area contributed by atoms with Gasteiger partial charge in [-0.3, -0.25) is 4.90 Å². The predicted molar refractivity (Wildman–Crippen MR) is 124 cm³/mol. The van der Waals surface area contributed by atoms with Gasteiger partial charge in [-0.25, -0.2) is 9.59 Å². The summed E-state index contributed by atoms with van der Waals surface area (Å²) in [6, 6.07) is 9.06. The zero-order chi connectivity index (χ0) is 24.8. The smallest absolute Gasteiger partial charge is 0.388 e. The summed E-state index contributed by atoms with van der Waals surface area (Å²) in [6.07, 6.45) is 1.01. The van der Waals surface area contributed by atoms with Gasteiger partial charge in [-0.05, 0) is 36.5 Å². The zero-order valence-corrected chi connectivity index (χ0v) is 19.3. The van der Waals surface area contributed by atoms with Crippen molar-refractivity contribution in [3.63, 3.8) is 0 Å². The third-order valence-corrected chi connectivity index (χ3v) is 5.66. The molecule has 0 unspecified atom stereocenters. The molecule has 2 aromatic rings. The molecule has 3 N–H and O–H groups in total. The number of aromatic nitrogens is 1. The van der Waals surface area contributed by atoms with Gasteiger partial charge in [0.2, 0.25) is 11.8 Å². The van der Waals surface area contributed by atoms with Gasteiger partial charge in [0.1, 0.15) is 5.69 Å². The van der Waals surface area contributed by atoms with Crippen LogP contribution in [0.3, 0.4) is 0 Å². The fourth-order valence-corrected chi connectivity index (χ4v) is 3.99. The van der Waals surface area contributed by atoms with Crippen LogP contribution in [-0.2, 0) is 0 Å². The molecule has 11 heteroatoms. The molecule has 1 saturated heterocycles. The number of para-hydroxylation sites is 1. The van der Waals surface area contributed by atoms with E-state index >= 15 is 0 Å². The van der Waals surface area contributed by atoms with Gasteiger partial charge < -0.3 is 25.4 Å². The number of methoxy groups -OCH3 is 1.